The minimum absolute atomic E-state index is 0.0557. The van der Waals surface area contributed by atoms with Gasteiger partial charge in [0.15, 0.2) is 0 Å². The number of carbonyl (C=O) groups excluding carboxylic acids is 1. The SMILES string of the molecule is Cc1ccc(NCC(=O)Nc2cc(Cl)ccc2C#N)cc1F. The summed E-state index contributed by atoms with van der Waals surface area (Å²) in [6.45, 7) is 1.61. The van der Waals surface area contributed by atoms with Crippen LogP contribution in [0, 0.1) is 24.1 Å². The summed E-state index contributed by atoms with van der Waals surface area (Å²) < 4.78 is 13.4. The molecule has 22 heavy (non-hydrogen) atoms. The molecule has 2 aromatic rings. The van der Waals surface area contributed by atoms with E-state index in [-0.39, 0.29) is 18.3 Å². The number of aryl methyl sites for hydroxylation is 1. The lowest BCUT2D eigenvalue weighted by Gasteiger charge is -2.10. The first kappa shape index (κ1) is 15.8. The Bertz CT molecular complexity index is 756. The van der Waals surface area contributed by atoms with Gasteiger partial charge in [0.05, 0.1) is 17.8 Å². The van der Waals surface area contributed by atoms with Gasteiger partial charge in [-0.05, 0) is 42.8 Å². The van der Waals surface area contributed by atoms with Crippen LogP contribution in [0.5, 0.6) is 0 Å². The fraction of sp³-hybridized carbons (Fsp3) is 0.125. The van der Waals surface area contributed by atoms with Crippen molar-refractivity contribution in [3.63, 3.8) is 0 Å². The zero-order valence-corrected chi connectivity index (χ0v) is 12.5. The van der Waals surface area contributed by atoms with Gasteiger partial charge in [-0.1, -0.05) is 17.7 Å². The average molecular weight is 318 g/mol. The standard InChI is InChI=1S/C16H13ClFN3O/c1-10-2-5-13(7-14(10)18)20-9-16(22)21-15-6-12(17)4-3-11(15)8-19/h2-7,20H,9H2,1H3,(H,21,22). The Labute approximate surface area is 132 Å². The fourth-order valence-electron chi connectivity index (χ4n) is 1.80. The van der Waals surface area contributed by atoms with E-state index in [0.717, 1.165) is 0 Å². The molecule has 2 aromatic carbocycles. The van der Waals surface area contributed by atoms with E-state index in [0.29, 0.717) is 27.5 Å². The number of nitrogens with one attached hydrogen (secondary N) is 2. The quantitative estimate of drug-likeness (QED) is 0.903. The number of benzene rings is 2. The van der Waals surface area contributed by atoms with E-state index in [1.807, 2.05) is 6.07 Å². The number of nitriles is 1. The third-order valence-corrected chi connectivity index (χ3v) is 3.24. The lowest BCUT2D eigenvalue weighted by atomic mass is 10.2. The van der Waals surface area contributed by atoms with E-state index >= 15 is 0 Å². The van der Waals surface area contributed by atoms with Gasteiger partial charge in [0.2, 0.25) is 5.91 Å². The molecule has 0 aliphatic carbocycles. The molecule has 2 N–H and O–H groups in total. The molecule has 0 atom stereocenters. The lowest BCUT2D eigenvalue weighted by molar-refractivity contribution is -0.114. The number of halogens is 2. The van der Waals surface area contributed by atoms with Gasteiger partial charge >= 0.3 is 0 Å². The van der Waals surface area contributed by atoms with Gasteiger partial charge in [0, 0.05) is 10.7 Å². The summed E-state index contributed by atoms with van der Waals surface area (Å²) in [6, 6.07) is 11.2. The highest BCUT2D eigenvalue weighted by Crippen LogP contribution is 2.20. The first-order chi connectivity index (χ1) is 10.5. The third kappa shape index (κ3) is 3.96. The van der Waals surface area contributed by atoms with Crippen LogP contribution in [0.4, 0.5) is 15.8 Å². The Morgan fingerprint density at radius 1 is 1.32 bits per heavy atom. The molecule has 0 bridgehead atoms. The van der Waals surface area contributed by atoms with Gasteiger partial charge in [-0.3, -0.25) is 4.79 Å². The maximum absolute atomic E-state index is 13.4. The summed E-state index contributed by atoms with van der Waals surface area (Å²) in [6.07, 6.45) is 0. The van der Waals surface area contributed by atoms with E-state index in [4.69, 9.17) is 16.9 Å². The molecule has 0 fully saturated rings. The number of amides is 1. The maximum atomic E-state index is 13.4. The van der Waals surface area contributed by atoms with Crippen LogP contribution < -0.4 is 10.6 Å². The molecule has 0 unspecified atom stereocenters. The Kier molecular flexibility index (Phi) is 4.97. The molecule has 0 spiro atoms. The van der Waals surface area contributed by atoms with Gasteiger partial charge in [0.1, 0.15) is 11.9 Å². The lowest BCUT2D eigenvalue weighted by Crippen LogP contribution is -2.22. The molecule has 2 rings (SSSR count). The monoisotopic (exact) mass is 317 g/mol. The smallest absolute Gasteiger partial charge is 0.243 e. The van der Waals surface area contributed by atoms with Crippen LogP contribution in [0.3, 0.4) is 0 Å². The predicted octanol–water partition coefficient (Wildman–Crippen LogP) is 3.71. The van der Waals surface area contributed by atoms with Crippen molar-refractivity contribution < 1.29 is 9.18 Å². The molecule has 0 saturated carbocycles. The Morgan fingerprint density at radius 3 is 2.77 bits per heavy atom. The Balaban J connectivity index is 2.00. The molecule has 0 aromatic heterocycles. The zero-order chi connectivity index (χ0) is 16.1. The second-order valence-electron chi connectivity index (χ2n) is 4.67. The van der Waals surface area contributed by atoms with E-state index < -0.39 is 0 Å². The summed E-state index contributed by atoms with van der Waals surface area (Å²) in [7, 11) is 0. The van der Waals surface area contributed by atoms with E-state index in [1.165, 1.54) is 18.2 Å². The summed E-state index contributed by atoms with van der Waals surface area (Å²) in [5.74, 6) is -0.702. The van der Waals surface area contributed by atoms with Crippen molar-refractivity contribution >= 4 is 28.9 Å². The average Bonchev–Trinajstić information content (AvgIpc) is 2.49. The highest BCUT2D eigenvalue weighted by molar-refractivity contribution is 6.31. The molecule has 112 valence electrons. The van der Waals surface area contributed by atoms with Crippen molar-refractivity contribution in [2.45, 2.75) is 6.92 Å². The van der Waals surface area contributed by atoms with Crippen LogP contribution in [-0.2, 0) is 4.79 Å². The largest absolute Gasteiger partial charge is 0.376 e. The third-order valence-electron chi connectivity index (χ3n) is 3.00. The van der Waals surface area contributed by atoms with Gasteiger partial charge in [0.25, 0.3) is 0 Å². The molecule has 0 heterocycles. The number of anilines is 2. The Hall–Kier alpha value is -2.58. The van der Waals surface area contributed by atoms with Gasteiger partial charge in [-0.25, -0.2) is 4.39 Å². The maximum Gasteiger partial charge on any atom is 0.243 e. The molecular weight excluding hydrogens is 305 g/mol. The van der Waals surface area contributed by atoms with Crippen LogP contribution in [0.15, 0.2) is 36.4 Å². The Morgan fingerprint density at radius 2 is 2.09 bits per heavy atom. The summed E-state index contributed by atoms with van der Waals surface area (Å²) in [4.78, 5) is 11.9. The summed E-state index contributed by atoms with van der Waals surface area (Å²) in [5.41, 5.74) is 1.70. The topological polar surface area (TPSA) is 64.9 Å². The zero-order valence-electron chi connectivity index (χ0n) is 11.8. The minimum atomic E-state index is -0.361. The van der Waals surface area contributed by atoms with Crippen molar-refractivity contribution in [1.29, 1.82) is 5.26 Å². The van der Waals surface area contributed by atoms with Crippen LogP contribution in [0.2, 0.25) is 5.02 Å². The fourth-order valence-corrected chi connectivity index (χ4v) is 1.97. The van der Waals surface area contributed by atoms with Crippen molar-refractivity contribution in [3.05, 3.63) is 58.4 Å². The highest BCUT2D eigenvalue weighted by Gasteiger charge is 2.08. The van der Waals surface area contributed by atoms with Gasteiger partial charge in [-0.2, -0.15) is 5.26 Å². The first-order valence-corrected chi connectivity index (χ1v) is 6.87. The molecule has 6 heteroatoms. The van der Waals surface area contributed by atoms with E-state index in [2.05, 4.69) is 10.6 Å². The normalized spacial score (nSPS) is 9.91. The second-order valence-corrected chi connectivity index (χ2v) is 5.10. The van der Waals surface area contributed by atoms with Crippen molar-refractivity contribution in [3.8, 4) is 6.07 Å². The number of rotatable bonds is 4. The number of hydrogen-bond acceptors (Lipinski definition) is 3. The molecular formula is C16H13ClFN3O. The van der Waals surface area contributed by atoms with Crippen molar-refractivity contribution in [2.24, 2.45) is 0 Å². The van der Waals surface area contributed by atoms with E-state index in [1.54, 1.807) is 25.1 Å². The molecule has 4 nitrogen and oxygen atoms in total. The van der Waals surface area contributed by atoms with Crippen LogP contribution in [0.25, 0.3) is 0 Å². The first-order valence-electron chi connectivity index (χ1n) is 6.49. The molecule has 0 aliphatic heterocycles. The number of carbonyl (C=O) groups is 1. The minimum Gasteiger partial charge on any atom is -0.376 e. The van der Waals surface area contributed by atoms with Crippen molar-refractivity contribution in [1.82, 2.24) is 0 Å². The van der Waals surface area contributed by atoms with E-state index in [9.17, 15) is 9.18 Å². The number of hydrogen-bond donors (Lipinski definition) is 2. The van der Waals surface area contributed by atoms with Crippen LogP contribution in [0.1, 0.15) is 11.1 Å². The molecule has 1 amide bonds. The molecule has 0 saturated heterocycles. The molecule has 0 radical (unpaired) electrons. The van der Waals surface area contributed by atoms with Crippen LogP contribution >= 0.6 is 11.6 Å². The summed E-state index contributed by atoms with van der Waals surface area (Å²) >= 11 is 5.84. The highest BCUT2D eigenvalue weighted by atomic mass is 35.5. The number of nitrogens with zero attached hydrogens (tertiary/aromatic N) is 1. The van der Waals surface area contributed by atoms with Crippen molar-refractivity contribution in [2.75, 3.05) is 17.2 Å². The predicted molar refractivity (Wildman–Crippen MR) is 84.4 cm³/mol. The summed E-state index contributed by atoms with van der Waals surface area (Å²) in [5, 5.41) is 14.8. The second kappa shape index (κ2) is 6.92. The van der Waals surface area contributed by atoms with Crippen LogP contribution in [-0.4, -0.2) is 12.5 Å². The van der Waals surface area contributed by atoms with Gasteiger partial charge < -0.3 is 10.6 Å². The van der Waals surface area contributed by atoms with Gasteiger partial charge in [-0.15, -0.1) is 0 Å². The molecule has 0 aliphatic rings.